The molecule has 1 aromatic carbocycles. The van der Waals surface area contributed by atoms with Crippen molar-refractivity contribution < 1.29 is 19.1 Å². The fourth-order valence-corrected chi connectivity index (χ4v) is 4.96. The van der Waals surface area contributed by atoms with Gasteiger partial charge in [-0.25, -0.2) is 0 Å². The predicted molar refractivity (Wildman–Crippen MR) is 134 cm³/mol. The Balaban J connectivity index is 1.45. The van der Waals surface area contributed by atoms with Crippen LogP contribution in [0.5, 0.6) is 5.75 Å². The summed E-state index contributed by atoms with van der Waals surface area (Å²) in [6.45, 7) is 6.51. The number of hydrogen-bond donors (Lipinski definition) is 0. The summed E-state index contributed by atoms with van der Waals surface area (Å²) >= 11 is 12.3. The zero-order chi connectivity index (χ0) is 24.8. The van der Waals surface area contributed by atoms with E-state index < -0.39 is 0 Å². The molecule has 10 heteroatoms. The van der Waals surface area contributed by atoms with Gasteiger partial charge in [-0.05, 0) is 43.5 Å². The number of carbonyl (C=O) groups excluding carboxylic acids is 2. The minimum Gasteiger partial charge on any atom is -0.493 e. The number of rotatable bonds is 8. The average molecular weight is 523 g/mol. The summed E-state index contributed by atoms with van der Waals surface area (Å²) in [5, 5.41) is 5.40. The summed E-state index contributed by atoms with van der Waals surface area (Å²) in [5.74, 6) is 0.644. The molecule has 0 bridgehead atoms. The molecule has 0 unspecified atom stereocenters. The fourth-order valence-electron chi connectivity index (χ4n) is 4.60. The summed E-state index contributed by atoms with van der Waals surface area (Å²) < 4.78 is 13.2. The Bertz CT molecular complexity index is 1010. The van der Waals surface area contributed by atoms with Crippen molar-refractivity contribution in [3.05, 3.63) is 46.2 Å². The summed E-state index contributed by atoms with van der Waals surface area (Å²) in [6.07, 6.45) is 4.27. The van der Waals surface area contributed by atoms with Gasteiger partial charge in [-0.1, -0.05) is 30.1 Å². The van der Waals surface area contributed by atoms with Crippen LogP contribution in [0.2, 0.25) is 10.0 Å². The Morgan fingerprint density at radius 3 is 2.40 bits per heavy atom. The van der Waals surface area contributed by atoms with E-state index in [1.165, 1.54) is 0 Å². The summed E-state index contributed by atoms with van der Waals surface area (Å²) in [6, 6.07) is 7.22. The van der Waals surface area contributed by atoms with E-state index in [0.29, 0.717) is 87.6 Å². The number of aryl methyl sites for hydroxylation is 1. The molecule has 0 spiro atoms. The van der Waals surface area contributed by atoms with Gasteiger partial charge in [0.1, 0.15) is 5.75 Å². The topological polar surface area (TPSA) is 76.9 Å². The summed E-state index contributed by atoms with van der Waals surface area (Å²) in [7, 11) is 0. The van der Waals surface area contributed by atoms with Gasteiger partial charge in [0.2, 0.25) is 5.91 Å². The Hall–Kier alpha value is -2.29. The highest BCUT2D eigenvalue weighted by Gasteiger charge is 2.40. The minimum atomic E-state index is -0.378. The first-order valence-electron chi connectivity index (χ1n) is 12.2. The second-order valence-electron chi connectivity index (χ2n) is 9.29. The zero-order valence-electron chi connectivity index (χ0n) is 20.0. The second-order valence-corrected chi connectivity index (χ2v) is 10.1. The first-order valence-corrected chi connectivity index (χ1v) is 12.9. The molecule has 0 aliphatic carbocycles. The van der Waals surface area contributed by atoms with Gasteiger partial charge in [0.15, 0.2) is 5.69 Å². The van der Waals surface area contributed by atoms with Crippen LogP contribution in [-0.4, -0.2) is 77.4 Å². The largest absolute Gasteiger partial charge is 0.493 e. The van der Waals surface area contributed by atoms with Crippen LogP contribution in [-0.2, 0) is 16.1 Å². The maximum atomic E-state index is 13.2. The molecule has 0 saturated carbocycles. The monoisotopic (exact) mass is 522 g/mol. The van der Waals surface area contributed by atoms with Crippen LogP contribution in [0.1, 0.15) is 43.1 Å². The predicted octanol–water partition coefficient (Wildman–Crippen LogP) is 4.15. The van der Waals surface area contributed by atoms with Crippen molar-refractivity contribution in [1.82, 2.24) is 19.6 Å². The number of aromatic nitrogens is 2. The number of likely N-dealkylation sites (tertiary alicyclic amines) is 1. The highest BCUT2D eigenvalue weighted by Crippen LogP contribution is 2.37. The standard InChI is InChI=1S/C25H32Cl2N4O4/c1-2-9-31-17-21(27)23(28-31)24(33)30-10-7-25(8-11-30,16-22(32)29-12-14-34-15-13-29)18-35-20-5-3-19(26)4-6-20/h3-6,17H,2,7-16,18H2,1H3. The van der Waals surface area contributed by atoms with Crippen molar-refractivity contribution in [1.29, 1.82) is 0 Å². The van der Waals surface area contributed by atoms with E-state index in [1.807, 2.05) is 24.0 Å². The lowest BCUT2D eigenvalue weighted by atomic mass is 9.75. The molecule has 8 nitrogen and oxygen atoms in total. The van der Waals surface area contributed by atoms with Crippen molar-refractivity contribution in [2.75, 3.05) is 46.0 Å². The van der Waals surface area contributed by atoms with Crippen LogP contribution in [0.15, 0.2) is 30.5 Å². The number of hydrogen-bond acceptors (Lipinski definition) is 5. The lowest BCUT2D eigenvalue weighted by molar-refractivity contribution is -0.139. The second kappa shape index (κ2) is 11.6. The molecule has 4 rings (SSSR count). The van der Waals surface area contributed by atoms with Crippen molar-refractivity contribution in [2.24, 2.45) is 5.41 Å². The van der Waals surface area contributed by atoms with Gasteiger partial charge in [0, 0.05) is 55.8 Å². The number of carbonyl (C=O) groups is 2. The first-order chi connectivity index (χ1) is 16.9. The number of morpholine rings is 1. The SMILES string of the molecule is CCCn1cc(Cl)c(C(=O)N2CCC(COc3ccc(Cl)cc3)(CC(=O)N3CCOCC3)CC2)n1. The Morgan fingerprint density at radius 2 is 1.74 bits per heavy atom. The molecular formula is C25H32Cl2N4O4. The normalized spacial score (nSPS) is 17.9. The van der Waals surface area contributed by atoms with Crippen LogP contribution in [0.4, 0.5) is 0 Å². The van der Waals surface area contributed by atoms with Gasteiger partial charge in [-0.15, -0.1) is 0 Å². The molecule has 2 aliphatic rings. The van der Waals surface area contributed by atoms with E-state index in [-0.39, 0.29) is 22.9 Å². The molecule has 0 N–H and O–H groups in total. The minimum absolute atomic E-state index is 0.106. The maximum Gasteiger partial charge on any atom is 0.275 e. The molecule has 2 aromatic rings. The highest BCUT2D eigenvalue weighted by molar-refractivity contribution is 6.33. The van der Waals surface area contributed by atoms with Gasteiger partial charge < -0.3 is 19.3 Å². The smallest absolute Gasteiger partial charge is 0.275 e. The summed E-state index contributed by atoms with van der Waals surface area (Å²) in [4.78, 5) is 30.0. The molecule has 0 atom stereocenters. The molecule has 35 heavy (non-hydrogen) atoms. The van der Waals surface area contributed by atoms with E-state index in [0.717, 1.165) is 6.42 Å². The average Bonchev–Trinajstić information content (AvgIpc) is 3.24. The van der Waals surface area contributed by atoms with Crippen molar-refractivity contribution in [3.63, 3.8) is 0 Å². The van der Waals surface area contributed by atoms with Crippen molar-refractivity contribution in [2.45, 2.75) is 39.2 Å². The molecule has 3 heterocycles. The number of halogens is 2. The maximum absolute atomic E-state index is 13.2. The molecule has 2 fully saturated rings. The highest BCUT2D eigenvalue weighted by atomic mass is 35.5. The molecule has 0 radical (unpaired) electrons. The summed E-state index contributed by atoms with van der Waals surface area (Å²) in [5.41, 5.74) is -0.0913. The molecular weight excluding hydrogens is 491 g/mol. The van der Waals surface area contributed by atoms with E-state index in [9.17, 15) is 9.59 Å². The van der Waals surface area contributed by atoms with Gasteiger partial charge in [0.05, 0.1) is 24.8 Å². The molecule has 1 aromatic heterocycles. The number of nitrogens with zero attached hydrogens (tertiary/aromatic N) is 4. The van der Waals surface area contributed by atoms with Gasteiger partial charge in [0.25, 0.3) is 5.91 Å². The van der Waals surface area contributed by atoms with Crippen LogP contribution < -0.4 is 4.74 Å². The number of amides is 2. The number of benzene rings is 1. The lowest BCUT2D eigenvalue weighted by Gasteiger charge is -2.42. The van der Waals surface area contributed by atoms with Gasteiger partial charge in [-0.2, -0.15) is 5.10 Å². The van der Waals surface area contributed by atoms with Crippen LogP contribution >= 0.6 is 23.2 Å². The van der Waals surface area contributed by atoms with E-state index in [4.69, 9.17) is 32.7 Å². The molecule has 2 amide bonds. The quantitative estimate of drug-likeness (QED) is 0.520. The van der Waals surface area contributed by atoms with Crippen molar-refractivity contribution >= 4 is 35.0 Å². The van der Waals surface area contributed by atoms with Gasteiger partial charge in [-0.3, -0.25) is 14.3 Å². The zero-order valence-corrected chi connectivity index (χ0v) is 21.6. The third kappa shape index (κ3) is 6.48. The van der Waals surface area contributed by atoms with Crippen LogP contribution in [0.3, 0.4) is 0 Å². The Labute approximate surface area is 216 Å². The molecule has 190 valence electrons. The van der Waals surface area contributed by atoms with E-state index >= 15 is 0 Å². The van der Waals surface area contributed by atoms with Gasteiger partial charge >= 0.3 is 0 Å². The molecule has 2 aliphatic heterocycles. The fraction of sp³-hybridized carbons (Fsp3) is 0.560. The third-order valence-electron chi connectivity index (χ3n) is 6.73. The lowest BCUT2D eigenvalue weighted by Crippen LogP contribution is -2.49. The van der Waals surface area contributed by atoms with Crippen LogP contribution in [0.25, 0.3) is 0 Å². The Morgan fingerprint density at radius 1 is 1.06 bits per heavy atom. The number of ether oxygens (including phenoxy) is 2. The van der Waals surface area contributed by atoms with E-state index in [1.54, 1.807) is 27.9 Å². The number of piperidine rings is 1. The Kier molecular flexibility index (Phi) is 8.57. The third-order valence-corrected chi connectivity index (χ3v) is 7.26. The van der Waals surface area contributed by atoms with E-state index in [2.05, 4.69) is 5.10 Å². The van der Waals surface area contributed by atoms with Crippen molar-refractivity contribution in [3.8, 4) is 5.75 Å². The first kappa shape index (κ1) is 25.8. The van der Waals surface area contributed by atoms with Crippen LogP contribution in [0, 0.1) is 5.41 Å². The molecule has 2 saturated heterocycles.